The largest absolute Gasteiger partial charge is 0.311 e. The molecule has 0 aliphatic carbocycles. The topological polar surface area (TPSA) is 3.24 Å². The highest BCUT2D eigenvalue weighted by molar-refractivity contribution is 6.28. The zero-order valence-electron chi connectivity index (χ0n) is 39.1. The third kappa shape index (κ3) is 7.62. The van der Waals surface area contributed by atoms with Gasteiger partial charge < -0.3 is 4.90 Å². The molecule has 0 fully saturated rings. The van der Waals surface area contributed by atoms with Crippen LogP contribution >= 0.6 is 0 Å². The van der Waals surface area contributed by atoms with Gasteiger partial charge in [-0.25, -0.2) is 0 Å². The first kappa shape index (κ1) is 41.9. The molecule has 0 heterocycles. The van der Waals surface area contributed by atoms with E-state index in [9.17, 15) is 0 Å². The fourth-order valence-corrected chi connectivity index (χ4v) is 10.9. The molecule has 0 atom stereocenters. The normalized spacial score (nSPS) is 11.4. The first-order valence-corrected chi connectivity index (χ1v) is 24.5. The Kier molecular flexibility index (Phi) is 10.6. The molecule has 0 amide bonds. The lowest BCUT2D eigenvalue weighted by Crippen LogP contribution is -2.09. The van der Waals surface area contributed by atoms with Crippen LogP contribution in [-0.4, -0.2) is 0 Å². The maximum absolute atomic E-state index is 2.38. The monoisotopic (exact) mass is 901 g/mol. The summed E-state index contributed by atoms with van der Waals surface area (Å²) in [5.74, 6) is 0. The van der Waals surface area contributed by atoms with Crippen molar-refractivity contribution in [3.63, 3.8) is 0 Å². The van der Waals surface area contributed by atoms with Gasteiger partial charge in [0, 0.05) is 17.1 Å². The highest BCUT2D eigenvalue weighted by atomic mass is 15.1. The number of hydrogen-bond acceptors (Lipinski definition) is 1. The molecule has 332 valence electrons. The van der Waals surface area contributed by atoms with Crippen LogP contribution in [0.3, 0.4) is 0 Å². The summed E-state index contributed by atoms with van der Waals surface area (Å²) >= 11 is 0. The molecule has 0 aromatic heterocycles. The van der Waals surface area contributed by atoms with Gasteiger partial charge in [0.25, 0.3) is 0 Å². The van der Waals surface area contributed by atoms with E-state index in [-0.39, 0.29) is 0 Å². The molecule has 13 aromatic carbocycles. The number of rotatable bonds is 9. The summed E-state index contributed by atoms with van der Waals surface area (Å²) in [5, 5.41) is 10.2. The van der Waals surface area contributed by atoms with E-state index in [1.807, 2.05) is 0 Å². The summed E-state index contributed by atoms with van der Waals surface area (Å²) in [6, 6.07) is 104. The molecule has 1 nitrogen and oxygen atoms in total. The van der Waals surface area contributed by atoms with Gasteiger partial charge >= 0.3 is 0 Å². The minimum Gasteiger partial charge on any atom is -0.311 e. The fourth-order valence-electron chi connectivity index (χ4n) is 10.9. The molecule has 71 heavy (non-hydrogen) atoms. The number of fused-ring (bicyclic) bond motifs is 7. The van der Waals surface area contributed by atoms with Gasteiger partial charge in [-0.15, -0.1) is 0 Å². The van der Waals surface area contributed by atoms with Crippen molar-refractivity contribution in [3.8, 4) is 66.8 Å². The first-order chi connectivity index (χ1) is 35.2. The molecule has 0 bridgehead atoms. The fraction of sp³-hybridized carbons (Fsp3) is 0. The smallest absolute Gasteiger partial charge is 0.0462 e. The molecule has 0 aliphatic rings. The van der Waals surface area contributed by atoms with Crippen molar-refractivity contribution in [2.24, 2.45) is 0 Å². The molecule has 0 saturated carbocycles. The molecule has 0 radical (unpaired) electrons. The second-order valence-electron chi connectivity index (χ2n) is 18.4. The van der Waals surface area contributed by atoms with Crippen molar-refractivity contribution in [1.29, 1.82) is 0 Å². The maximum atomic E-state index is 2.38. The lowest BCUT2D eigenvalue weighted by molar-refractivity contribution is 1.28. The van der Waals surface area contributed by atoms with Crippen molar-refractivity contribution in [1.82, 2.24) is 0 Å². The van der Waals surface area contributed by atoms with Gasteiger partial charge in [-0.05, 0) is 152 Å². The van der Waals surface area contributed by atoms with Gasteiger partial charge in [-0.1, -0.05) is 243 Å². The molecule has 0 unspecified atom stereocenters. The Morgan fingerprint density at radius 3 is 1.17 bits per heavy atom. The Balaban J connectivity index is 0.925. The summed E-state index contributed by atoms with van der Waals surface area (Å²) in [6.07, 6.45) is 0. The van der Waals surface area contributed by atoms with Crippen molar-refractivity contribution in [2.75, 3.05) is 4.90 Å². The third-order valence-electron chi connectivity index (χ3n) is 14.3. The Morgan fingerprint density at radius 1 is 0.197 bits per heavy atom. The lowest BCUT2D eigenvalue weighted by atomic mass is 9.89. The van der Waals surface area contributed by atoms with Crippen LogP contribution in [0.4, 0.5) is 17.1 Å². The molecule has 13 rings (SSSR count). The number of hydrogen-bond donors (Lipinski definition) is 0. The highest BCUT2D eigenvalue weighted by Gasteiger charge is 2.18. The van der Waals surface area contributed by atoms with Gasteiger partial charge in [0.1, 0.15) is 0 Å². The molecular weight excluding hydrogens is 855 g/mol. The minimum atomic E-state index is 1.08. The number of anilines is 3. The van der Waals surface area contributed by atoms with E-state index in [2.05, 4.69) is 290 Å². The Labute approximate surface area is 414 Å². The van der Waals surface area contributed by atoms with Gasteiger partial charge in [-0.2, -0.15) is 0 Å². The maximum Gasteiger partial charge on any atom is 0.0462 e. The molecule has 0 N–H and O–H groups in total. The second kappa shape index (κ2) is 18.0. The molecule has 0 aliphatic heterocycles. The zero-order chi connectivity index (χ0) is 47.1. The van der Waals surface area contributed by atoms with E-state index in [1.54, 1.807) is 0 Å². The quantitative estimate of drug-likeness (QED) is 0.131. The van der Waals surface area contributed by atoms with E-state index >= 15 is 0 Å². The Hall–Kier alpha value is -9.30. The molecule has 13 aromatic rings. The van der Waals surface area contributed by atoms with Gasteiger partial charge in [0.2, 0.25) is 0 Å². The van der Waals surface area contributed by atoms with Crippen LogP contribution in [0.25, 0.3) is 110 Å². The zero-order valence-corrected chi connectivity index (χ0v) is 39.1. The average molecular weight is 902 g/mol. The summed E-state index contributed by atoms with van der Waals surface area (Å²) in [5.41, 5.74) is 17.7. The SMILES string of the molecule is c1ccc(-c2ccc(-c3ccc(N(c4ccc(-c5ccc6ccccc6c5-c5ccccc5)cc4)c4ccc(-c5cccc6c7ccccc7c7ccccc7c56)cc4)cc3)cc2-c2ccccc2)cc1. The van der Waals surface area contributed by atoms with Crippen LogP contribution in [0.2, 0.25) is 0 Å². The third-order valence-corrected chi connectivity index (χ3v) is 14.3. The van der Waals surface area contributed by atoms with Gasteiger partial charge in [-0.3, -0.25) is 0 Å². The van der Waals surface area contributed by atoms with Gasteiger partial charge in [0.05, 0.1) is 0 Å². The standard InChI is InChI=1S/C70H47N/c1-4-17-49(18-5-1)59-45-38-55(47-68(59)50-19-6-2-7-20-50)48-31-39-56(40-32-48)71(58-43-35-53(36-44-58)62-46-37-51-21-10-11-24-60(51)69(62)54-22-8-3-9-23-54)57-41-33-52(34-42-57)61-29-16-30-67-65-26-13-12-25-63(65)64-27-14-15-28-66(64)70(61)67/h1-47H. The summed E-state index contributed by atoms with van der Waals surface area (Å²) in [4.78, 5) is 2.38. The van der Waals surface area contributed by atoms with Gasteiger partial charge in [0.15, 0.2) is 0 Å². The molecular formula is C70H47N. The second-order valence-corrected chi connectivity index (χ2v) is 18.4. The molecule has 1 heteroatoms. The van der Waals surface area contributed by atoms with E-state index in [0.29, 0.717) is 0 Å². The highest BCUT2D eigenvalue weighted by Crippen LogP contribution is 2.44. The van der Waals surface area contributed by atoms with Crippen LogP contribution in [0, 0.1) is 0 Å². The average Bonchev–Trinajstić information content (AvgIpc) is 3.46. The Bertz CT molecular complexity index is 4000. The number of benzene rings is 13. The minimum absolute atomic E-state index is 1.08. The van der Waals surface area contributed by atoms with Crippen molar-refractivity contribution >= 4 is 60.2 Å². The van der Waals surface area contributed by atoms with Crippen molar-refractivity contribution in [2.45, 2.75) is 0 Å². The summed E-state index contributed by atoms with van der Waals surface area (Å²) < 4.78 is 0. The first-order valence-electron chi connectivity index (χ1n) is 24.5. The van der Waals surface area contributed by atoms with Crippen LogP contribution < -0.4 is 4.90 Å². The Morgan fingerprint density at radius 2 is 0.592 bits per heavy atom. The van der Waals surface area contributed by atoms with Crippen LogP contribution in [0.1, 0.15) is 0 Å². The van der Waals surface area contributed by atoms with E-state index < -0.39 is 0 Å². The van der Waals surface area contributed by atoms with Crippen molar-refractivity contribution in [3.05, 3.63) is 285 Å². The molecule has 0 saturated heterocycles. The number of nitrogens with zero attached hydrogens (tertiary/aromatic N) is 1. The van der Waals surface area contributed by atoms with Crippen LogP contribution in [0.5, 0.6) is 0 Å². The van der Waals surface area contributed by atoms with E-state index in [4.69, 9.17) is 0 Å². The van der Waals surface area contributed by atoms with Crippen LogP contribution in [-0.2, 0) is 0 Å². The predicted molar refractivity (Wildman–Crippen MR) is 304 cm³/mol. The predicted octanol–water partition coefficient (Wildman–Crippen LogP) is 19.8. The lowest BCUT2D eigenvalue weighted by Gasteiger charge is -2.26. The van der Waals surface area contributed by atoms with Crippen LogP contribution in [0.15, 0.2) is 285 Å². The van der Waals surface area contributed by atoms with E-state index in [0.717, 1.165) is 22.6 Å². The summed E-state index contributed by atoms with van der Waals surface area (Å²) in [7, 11) is 0. The van der Waals surface area contributed by atoms with E-state index in [1.165, 1.54) is 104 Å². The van der Waals surface area contributed by atoms with Crippen molar-refractivity contribution < 1.29 is 0 Å². The summed E-state index contributed by atoms with van der Waals surface area (Å²) in [6.45, 7) is 0. The molecule has 0 spiro atoms.